The minimum Gasteiger partial charge on any atom is -0.466 e. The quantitative estimate of drug-likeness (QED) is 0.768. The summed E-state index contributed by atoms with van der Waals surface area (Å²) < 4.78 is 33.8. The zero-order chi connectivity index (χ0) is 17.6. The molecule has 1 aromatic heterocycles. The number of carbonyl (C=O) groups excluding carboxylic acids is 1. The number of ether oxygens (including phenoxy) is 1. The summed E-state index contributed by atoms with van der Waals surface area (Å²) in [6.07, 6.45) is 0.895. The molecule has 0 fully saturated rings. The van der Waals surface area contributed by atoms with Crippen LogP contribution in [-0.2, 0) is 9.53 Å². The number of nitrogens with zero attached hydrogens (tertiary/aromatic N) is 1. The van der Waals surface area contributed by atoms with Gasteiger partial charge in [0, 0.05) is 22.7 Å². The maximum Gasteiger partial charge on any atom is 0.246 e. The van der Waals surface area contributed by atoms with E-state index in [4.69, 9.17) is 10.5 Å². The number of H-pyrrole nitrogens is 1. The summed E-state index contributed by atoms with van der Waals surface area (Å²) in [4.78, 5) is 19.0. The van der Waals surface area contributed by atoms with Gasteiger partial charge in [0.1, 0.15) is 17.2 Å². The number of aliphatic imine (C=N–C) groups is 1. The molecular weight excluding hydrogens is 328 g/mol. The molecule has 0 radical (unpaired) electrons. The Morgan fingerprint density at radius 1 is 1.12 bits per heavy atom. The number of benzene rings is 2. The lowest BCUT2D eigenvalue weighted by molar-refractivity contribution is -0.120. The maximum atomic E-state index is 14.0. The van der Waals surface area contributed by atoms with Crippen LogP contribution < -0.4 is 5.73 Å². The average Bonchev–Trinajstić information content (AvgIpc) is 3.21. The van der Waals surface area contributed by atoms with Crippen LogP contribution >= 0.6 is 0 Å². The summed E-state index contributed by atoms with van der Waals surface area (Å²) in [5, 5.41) is 0.823. The molecule has 0 spiro atoms. The second-order valence-corrected chi connectivity index (χ2v) is 5.70. The highest BCUT2D eigenvalue weighted by molar-refractivity contribution is 5.99. The van der Waals surface area contributed by atoms with E-state index < -0.39 is 35.3 Å². The van der Waals surface area contributed by atoms with E-state index in [2.05, 4.69) is 9.98 Å². The van der Waals surface area contributed by atoms with Crippen molar-refractivity contribution in [2.24, 2.45) is 10.7 Å². The van der Waals surface area contributed by atoms with Gasteiger partial charge in [-0.1, -0.05) is 18.2 Å². The summed E-state index contributed by atoms with van der Waals surface area (Å²) in [6, 6.07) is 9.62. The Morgan fingerprint density at radius 3 is 2.56 bits per heavy atom. The first-order valence-corrected chi connectivity index (χ1v) is 7.60. The minimum absolute atomic E-state index is 0.267. The summed E-state index contributed by atoms with van der Waals surface area (Å²) >= 11 is 0. The zero-order valence-corrected chi connectivity index (χ0v) is 12.9. The molecule has 126 valence electrons. The van der Waals surface area contributed by atoms with Gasteiger partial charge in [0.15, 0.2) is 12.1 Å². The van der Waals surface area contributed by atoms with Gasteiger partial charge in [-0.15, -0.1) is 0 Å². The number of aromatic nitrogens is 1. The lowest BCUT2D eigenvalue weighted by Gasteiger charge is -2.17. The van der Waals surface area contributed by atoms with E-state index in [1.54, 1.807) is 18.3 Å². The van der Waals surface area contributed by atoms with Crippen LogP contribution in [0.2, 0.25) is 0 Å². The Bertz CT molecular complexity index is 992. The molecule has 0 bridgehead atoms. The van der Waals surface area contributed by atoms with Gasteiger partial charge < -0.3 is 15.5 Å². The first kappa shape index (κ1) is 15.3. The second-order valence-electron chi connectivity index (χ2n) is 5.70. The SMILES string of the molecule is NC(=O)C1N=C(c2c(F)cccc2F)OC1c1cccc2[nH]ccc12. The second kappa shape index (κ2) is 5.70. The number of rotatable bonds is 3. The van der Waals surface area contributed by atoms with E-state index in [0.29, 0.717) is 5.56 Å². The van der Waals surface area contributed by atoms with Crippen LogP contribution in [0.25, 0.3) is 10.9 Å². The molecule has 0 saturated heterocycles. The van der Waals surface area contributed by atoms with Crippen molar-refractivity contribution in [1.82, 2.24) is 4.98 Å². The number of primary amides is 1. The molecule has 7 heteroatoms. The molecule has 4 rings (SSSR count). The highest BCUT2D eigenvalue weighted by atomic mass is 19.1. The van der Waals surface area contributed by atoms with Crippen LogP contribution in [-0.4, -0.2) is 22.8 Å². The largest absolute Gasteiger partial charge is 0.466 e. The van der Waals surface area contributed by atoms with Gasteiger partial charge in [-0.3, -0.25) is 4.79 Å². The number of hydrogen-bond acceptors (Lipinski definition) is 3. The van der Waals surface area contributed by atoms with Crippen molar-refractivity contribution < 1.29 is 18.3 Å². The van der Waals surface area contributed by atoms with Crippen molar-refractivity contribution in [2.75, 3.05) is 0 Å². The monoisotopic (exact) mass is 341 g/mol. The highest BCUT2D eigenvalue weighted by Crippen LogP contribution is 2.35. The van der Waals surface area contributed by atoms with Crippen molar-refractivity contribution in [3.05, 3.63) is 71.4 Å². The van der Waals surface area contributed by atoms with E-state index in [1.807, 2.05) is 12.1 Å². The molecule has 3 N–H and O–H groups in total. The summed E-state index contributed by atoms with van der Waals surface area (Å²) in [5.74, 6) is -2.63. The van der Waals surface area contributed by atoms with E-state index in [0.717, 1.165) is 23.0 Å². The van der Waals surface area contributed by atoms with Crippen LogP contribution in [0.15, 0.2) is 53.7 Å². The number of carbonyl (C=O) groups is 1. The number of nitrogens with one attached hydrogen (secondary N) is 1. The van der Waals surface area contributed by atoms with Gasteiger partial charge in [0.2, 0.25) is 11.8 Å². The normalized spacial score (nSPS) is 19.7. The first-order chi connectivity index (χ1) is 12.1. The summed E-state index contributed by atoms with van der Waals surface area (Å²) in [6.45, 7) is 0. The van der Waals surface area contributed by atoms with Crippen LogP contribution in [0, 0.1) is 11.6 Å². The van der Waals surface area contributed by atoms with Crippen LogP contribution in [0.1, 0.15) is 17.2 Å². The molecule has 0 saturated carbocycles. The number of fused-ring (bicyclic) bond motifs is 1. The molecule has 5 nitrogen and oxygen atoms in total. The van der Waals surface area contributed by atoms with E-state index in [-0.39, 0.29) is 5.90 Å². The average molecular weight is 341 g/mol. The Balaban J connectivity index is 1.81. The van der Waals surface area contributed by atoms with Crippen molar-refractivity contribution >= 4 is 22.7 Å². The predicted octanol–water partition coefficient (Wildman–Crippen LogP) is 2.82. The van der Waals surface area contributed by atoms with E-state index in [1.165, 1.54) is 6.07 Å². The Hall–Kier alpha value is -3.22. The van der Waals surface area contributed by atoms with Crippen molar-refractivity contribution in [1.29, 1.82) is 0 Å². The fourth-order valence-corrected chi connectivity index (χ4v) is 3.04. The third kappa shape index (κ3) is 2.44. The molecule has 0 aliphatic carbocycles. The van der Waals surface area contributed by atoms with Gasteiger partial charge in [0.25, 0.3) is 0 Å². The van der Waals surface area contributed by atoms with Gasteiger partial charge in [-0.2, -0.15) is 0 Å². The minimum atomic E-state index is -1.07. The molecule has 25 heavy (non-hydrogen) atoms. The highest BCUT2D eigenvalue weighted by Gasteiger charge is 2.39. The van der Waals surface area contributed by atoms with Crippen molar-refractivity contribution in [3.8, 4) is 0 Å². The lowest BCUT2D eigenvalue weighted by Crippen LogP contribution is -2.30. The van der Waals surface area contributed by atoms with Crippen LogP contribution in [0.3, 0.4) is 0 Å². The van der Waals surface area contributed by atoms with Gasteiger partial charge >= 0.3 is 0 Å². The van der Waals surface area contributed by atoms with Crippen molar-refractivity contribution in [3.63, 3.8) is 0 Å². The molecule has 1 amide bonds. The molecule has 3 aromatic rings. The smallest absolute Gasteiger partial charge is 0.246 e. The Morgan fingerprint density at radius 2 is 1.84 bits per heavy atom. The molecular formula is C18H13F2N3O2. The Kier molecular flexibility index (Phi) is 3.49. The molecule has 2 aromatic carbocycles. The summed E-state index contributed by atoms with van der Waals surface area (Å²) in [5.41, 5.74) is 6.54. The topological polar surface area (TPSA) is 80.5 Å². The number of amides is 1. The number of nitrogens with two attached hydrogens (primary N) is 1. The summed E-state index contributed by atoms with van der Waals surface area (Å²) in [7, 11) is 0. The fourth-order valence-electron chi connectivity index (χ4n) is 3.04. The fraction of sp³-hybridized carbons (Fsp3) is 0.111. The predicted molar refractivity (Wildman–Crippen MR) is 88.0 cm³/mol. The van der Waals surface area contributed by atoms with Crippen molar-refractivity contribution in [2.45, 2.75) is 12.1 Å². The van der Waals surface area contributed by atoms with Gasteiger partial charge in [-0.05, 0) is 24.3 Å². The third-order valence-corrected chi connectivity index (χ3v) is 4.19. The molecule has 1 aliphatic rings. The molecule has 2 unspecified atom stereocenters. The van der Waals surface area contributed by atoms with E-state index >= 15 is 0 Å². The molecule has 2 atom stereocenters. The van der Waals surface area contributed by atoms with Crippen LogP contribution in [0.4, 0.5) is 8.78 Å². The molecule has 1 aliphatic heterocycles. The van der Waals surface area contributed by atoms with E-state index in [9.17, 15) is 13.6 Å². The number of hydrogen-bond donors (Lipinski definition) is 2. The lowest BCUT2D eigenvalue weighted by atomic mass is 9.99. The molecule has 2 heterocycles. The maximum absolute atomic E-state index is 14.0. The third-order valence-electron chi connectivity index (χ3n) is 4.19. The number of aromatic amines is 1. The zero-order valence-electron chi connectivity index (χ0n) is 12.9. The first-order valence-electron chi connectivity index (χ1n) is 7.60. The number of halogens is 2. The standard InChI is InChI=1S/C18H13F2N3O2/c19-11-4-2-5-12(20)14(11)18-23-15(17(21)24)16(25-18)10-3-1-6-13-9(10)7-8-22-13/h1-8,15-16,22H,(H2,21,24). The van der Waals surface area contributed by atoms with Gasteiger partial charge in [-0.25, -0.2) is 13.8 Å². The van der Waals surface area contributed by atoms with Gasteiger partial charge in [0.05, 0.1) is 0 Å². The Labute approximate surface area is 141 Å². The van der Waals surface area contributed by atoms with Crippen LogP contribution in [0.5, 0.6) is 0 Å².